The fourth-order valence-corrected chi connectivity index (χ4v) is 4.16. The molecule has 0 saturated heterocycles. The van der Waals surface area contributed by atoms with Crippen LogP contribution in [0.4, 0.5) is 17.1 Å². The molecule has 1 N–H and O–H groups in total. The van der Waals surface area contributed by atoms with Crippen molar-refractivity contribution in [2.45, 2.75) is 11.8 Å². The first kappa shape index (κ1) is 19.3. The van der Waals surface area contributed by atoms with Crippen LogP contribution in [0.3, 0.4) is 0 Å². The Bertz CT molecular complexity index is 1180. The number of benzene rings is 3. The minimum Gasteiger partial charge on any atom is -0.320 e. The summed E-state index contributed by atoms with van der Waals surface area (Å²) < 4.78 is 27.0. The van der Waals surface area contributed by atoms with Crippen LogP contribution in [0.15, 0.2) is 65.6 Å². The molecule has 1 amide bonds. The number of carbonyl (C=O) groups is 1. The molecule has 0 spiro atoms. The molecule has 3 aromatic carbocycles. The van der Waals surface area contributed by atoms with E-state index >= 15 is 0 Å². The van der Waals surface area contributed by atoms with Gasteiger partial charge < -0.3 is 5.32 Å². The third-order valence-electron chi connectivity index (χ3n) is 4.24. The lowest BCUT2D eigenvalue weighted by atomic mass is 10.0. The highest BCUT2D eigenvalue weighted by Gasteiger charge is 2.27. The number of fused-ring (bicyclic) bond motifs is 1. The van der Waals surface area contributed by atoms with E-state index in [1.165, 1.54) is 26.1 Å². The first-order chi connectivity index (χ1) is 13.2. The Kier molecular flexibility index (Phi) is 5.02. The van der Waals surface area contributed by atoms with Crippen molar-refractivity contribution in [3.63, 3.8) is 0 Å². The molecule has 0 fully saturated rings. The van der Waals surface area contributed by atoms with Crippen molar-refractivity contribution in [1.29, 1.82) is 0 Å². The molecule has 3 rings (SSSR count). The normalized spacial score (nSPS) is 11.2. The van der Waals surface area contributed by atoms with Gasteiger partial charge in [0, 0.05) is 30.8 Å². The van der Waals surface area contributed by atoms with Crippen LogP contribution in [0.2, 0.25) is 0 Å². The van der Waals surface area contributed by atoms with Gasteiger partial charge in [0.05, 0.1) is 15.5 Å². The molecule has 0 aliphatic heterocycles. The van der Waals surface area contributed by atoms with Crippen LogP contribution in [0.1, 0.15) is 6.92 Å². The van der Waals surface area contributed by atoms with Crippen molar-refractivity contribution in [1.82, 2.24) is 0 Å². The molecule has 0 unspecified atom stereocenters. The summed E-state index contributed by atoms with van der Waals surface area (Å²) in [5.41, 5.74) is -0.221. The summed E-state index contributed by atoms with van der Waals surface area (Å²) in [6.07, 6.45) is 0. The molecular weight excluding hydrogens is 382 g/mol. The van der Waals surface area contributed by atoms with E-state index in [0.717, 1.165) is 10.4 Å². The Balaban J connectivity index is 2.30. The Morgan fingerprint density at radius 2 is 1.61 bits per heavy atom. The molecule has 0 aliphatic rings. The number of anilines is 2. The lowest BCUT2D eigenvalue weighted by molar-refractivity contribution is -0.383. The van der Waals surface area contributed by atoms with Gasteiger partial charge in [-0.05, 0) is 12.1 Å². The topological polar surface area (TPSA) is 110 Å². The SMILES string of the molecule is CC(=O)Nc1c([N+](=O)[O-])cc(N(C)S(=O)(=O)c2ccccc2)c2ccccc12. The Hall–Kier alpha value is -3.46. The van der Waals surface area contributed by atoms with Crippen molar-refractivity contribution in [3.05, 3.63) is 70.8 Å². The highest BCUT2D eigenvalue weighted by molar-refractivity contribution is 7.92. The summed E-state index contributed by atoms with van der Waals surface area (Å²) in [5.74, 6) is -0.466. The smallest absolute Gasteiger partial charge is 0.295 e. The second-order valence-corrected chi connectivity index (χ2v) is 8.03. The lowest BCUT2D eigenvalue weighted by Gasteiger charge is -2.22. The van der Waals surface area contributed by atoms with Gasteiger partial charge in [0.15, 0.2) is 0 Å². The van der Waals surface area contributed by atoms with Gasteiger partial charge in [-0.1, -0.05) is 42.5 Å². The number of nitrogens with zero attached hydrogens (tertiary/aromatic N) is 2. The Morgan fingerprint density at radius 1 is 1.04 bits per heavy atom. The van der Waals surface area contributed by atoms with Crippen molar-refractivity contribution in [2.75, 3.05) is 16.7 Å². The molecule has 0 aromatic heterocycles. The lowest BCUT2D eigenvalue weighted by Crippen LogP contribution is -2.27. The minimum atomic E-state index is -3.94. The number of sulfonamides is 1. The summed E-state index contributed by atoms with van der Waals surface area (Å²) in [7, 11) is -2.60. The number of hydrogen-bond acceptors (Lipinski definition) is 5. The molecule has 0 bridgehead atoms. The summed E-state index contributed by atoms with van der Waals surface area (Å²) in [6, 6.07) is 15.6. The van der Waals surface area contributed by atoms with E-state index in [1.807, 2.05) is 0 Å². The van der Waals surface area contributed by atoms with Gasteiger partial charge in [0.2, 0.25) is 5.91 Å². The zero-order valence-electron chi connectivity index (χ0n) is 15.1. The predicted octanol–water partition coefficient (Wildman–Crippen LogP) is 3.53. The van der Waals surface area contributed by atoms with Crippen molar-refractivity contribution < 1.29 is 18.1 Å². The quantitative estimate of drug-likeness (QED) is 0.521. The van der Waals surface area contributed by atoms with Crippen LogP contribution in [0.5, 0.6) is 0 Å². The molecule has 0 saturated carbocycles. The maximum atomic E-state index is 13.0. The van der Waals surface area contributed by atoms with Crippen LogP contribution < -0.4 is 9.62 Å². The molecule has 8 nitrogen and oxygen atoms in total. The predicted molar refractivity (Wildman–Crippen MR) is 107 cm³/mol. The second kappa shape index (κ2) is 7.28. The fourth-order valence-electron chi connectivity index (χ4n) is 2.93. The van der Waals surface area contributed by atoms with Gasteiger partial charge in [0.1, 0.15) is 5.69 Å². The maximum absolute atomic E-state index is 13.0. The summed E-state index contributed by atoms with van der Waals surface area (Å²) in [4.78, 5) is 22.6. The van der Waals surface area contributed by atoms with E-state index in [0.29, 0.717) is 10.8 Å². The average Bonchev–Trinajstić information content (AvgIpc) is 2.67. The van der Waals surface area contributed by atoms with Crippen LogP contribution >= 0.6 is 0 Å². The van der Waals surface area contributed by atoms with E-state index in [-0.39, 0.29) is 22.0 Å². The van der Waals surface area contributed by atoms with Crippen LogP contribution in [0.25, 0.3) is 10.8 Å². The molecule has 0 heterocycles. The number of amides is 1. The monoisotopic (exact) mass is 399 g/mol. The standard InChI is InChI=1S/C19H17N3O5S/c1-13(23)20-19-16-11-7-6-10-15(16)17(12-18(19)22(24)25)21(2)28(26,27)14-8-4-3-5-9-14/h3-12H,1-2H3,(H,20,23). The summed E-state index contributed by atoms with van der Waals surface area (Å²) in [5, 5.41) is 14.9. The van der Waals surface area contributed by atoms with E-state index < -0.39 is 20.9 Å². The number of carbonyl (C=O) groups excluding carboxylic acids is 1. The summed E-state index contributed by atoms with van der Waals surface area (Å²) in [6.45, 7) is 1.25. The van der Waals surface area contributed by atoms with Crippen LogP contribution in [-0.4, -0.2) is 26.3 Å². The molecule has 0 radical (unpaired) electrons. The molecular formula is C19H17N3O5S. The molecule has 0 atom stereocenters. The zero-order chi connectivity index (χ0) is 20.5. The largest absolute Gasteiger partial charge is 0.320 e. The van der Waals surface area contributed by atoms with E-state index in [9.17, 15) is 23.3 Å². The highest BCUT2D eigenvalue weighted by Crippen LogP contribution is 2.40. The van der Waals surface area contributed by atoms with E-state index in [2.05, 4.69) is 5.32 Å². The van der Waals surface area contributed by atoms with Crippen LogP contribution in [0, 0.1) is 10.1 Å². The van der Waals surface area contributed by atoms with Gasteiger partial charge in [-0.25, -0.2) is 8.42 Å². The molecule has 28 heavy (non-hydrogen) atoms. The third kappa shape index (κ3) is 3.39. The second-order valence-electron chi connectivity index (χ2n) is 6.06. The van der Waals surface area contributed by atoms with Gasteiger partial charge in [-0.2, -0.15) is 0 Å². The summed E-state index contributed by atoms with van der Waals surface area (Å²) >= 11 is 0. The molecule has 3 aromatic rings. The van der Waals surface area contributed by atoms with Gasteiger partial charge in [-0.15, -0.1) is 0 Å². The molecule has 144 valence electrons. The van der Waals surface area contributed by atoms with E-state index in [4.69, 9.17) is 0 Å². The molecule has 0 aliphatic carbocycles. The van der Waals surface area contributed by atoms with Crippen molar-refractivity contribution >= 4 is 43.8 Å². The van der Waals surface area contributed by atoms with Crippen molar-refractivity contribution in [2.24, 2.45) is 0 Å². The zero-order valence-corrected chi connectivity index (χ0v) is 15.9. The minimum absolute atomic E-state index is 0.0300. The molecule has 9 heteroatoms. The van der Waals surface area contributed by atoms with Gasteiger partial charge in [0.25, 0.3) is 15.7 Å². The number of hydrogen-bond donors (Lipinski definition) is 1. The fraction of sp³-hybridized carbons (Fsp3) is 0.105. The third-order valence-corrected chi connectivity index (χ3v) is 6.03. The number of nitro groups is 1. The van der Waals surface area contributed by atoms with E-state index in [1.54, 1.807) is 42.5 Å². The average molecular weight is 399 g/mol. The number of nitro benzene ring substituents is 1. The number of nitrogens with one attached hydrogen (secondary N) is 1. The number of rotatable bonds is 5. The van der Waals surface area contributed by atoms with Gasteiger partial charge in [-0.3, -0.25) is 19.2 Å². The van der Waals surface area contributed by atoms with Crippen molar-refractivity contribution in [3.8, 4) is 0 Å². The first-order valence-electron chi connectivity index (χ1n) is 8.25. The Labute approximate surface area is 161 Å². The Morgan fingerprint density at radius 3 is 2.18 bits per heavy atom. The highest BCUT2D eigenvalue weighted by atomic mass is 32.2. The van der Waals surface area contributed by atoms with Crippen LogP contribution in [-0.2, 0) is 14.8 Å². The first-order valence-corrected chi connectivity index (χ1v) is 9.69. The maximum Gasteiger partial charge on any atom is 0.295 e. The van der Waals surface area contributed by atoms with Gasteiger partial charge >= 0.3 is 0 Å².